The first-order chi connectivity index (χ1) is 16.5. The van der Waals surface area contributed by atoms with E-state index < -0.39 is 5.60 Å². The fourth-order valence-corrected chi connectivity index (χ4v) is 4.25. The lowest BCUT2D eigenvalue weighted by Gasteiger charge is -2.41. The zero-order valence-electron chi connectivity index (χ0n) is 21.3. The van der Waals surface area contributed by atoms with Gasteiger partial charge >= 0.3 is 6.09 Å². The lowest BCUT2D eigenvalue weighted by Crippen LogP contribution is -2.55. The molecule has 1 aliphatic heterocycles. The van der Waals surface area contributed by atoms with Gasteiger partial charge in [-0.15, -0.1) is 0 Å². The van der Waals surface area contributed by atoms with E-state index in [0.29, 0.717) is 36.5 Å². The summed E-state index contributed by atoms with van der Waals surface area (Å²) in [5.41, 5.74) is 1.97. The van der Waals surface area contributed by atoms with Gasteiger partial charge in [0.1, 0.15) is 35.3 Å². The molecule has 1 saturated heterocycles. The monoisotopic (exact) mass is 477 g/mol. The van der Waals surface area contributed by atoms with E-state index in [1.165, 1.54) is 0 Å². The zero-order valence-corrected chi connectivity index (χ0v) is 21.3. The Labute approximate surface area is 204 Å². The number of nitrogens with zero attached hydrogens (tertiary/aromatic N) is 9. The van der Waals surface area contributed by atoms with Crippen molar-refractivity contribution in [3.63, 3.8) is 0 Å². The molecule has 1 fully saturated rings. The summed E-state index contributed by atoms with van der Waals surface area (Å²) < 4.78 is 7.13. The Morgan fingerprint density at radius 1 is 1.23 bits per heavy atom. The van der Waals surface area contributed by atoms with Crippen LogP contribution in [0.5, 0.6) is 0 Å². The van der Waals surface area contributed by atoms with Crippen molar-refractivity contribution in [2.75, 3.05) is 43.5 Å². The van der Waals surface area contributed by atoms with Gasteiger partial charge in [0, 0.05) is 64.6 Å². The van der Waals surface area contributed by atoms with Crippen LogP contribution >= 0.6 is 0 Å². The van der Waals surface area contributed by atoms with Gasteiger partial charge in [-0.25, -0.2) is 19.7 Å². The van der Waals surface area contributed by atoms with Crippen molar-refractivity contribution in [1.82, 2.24) is 29.6 Å². The highest BCUT2D eigenvalue weighted by atomic mass is 16.6. The molecule has 184 valence electrons. The molecule has 4 heterocycles. The number of nitriles is 1. The highest BCUT2D eigenvalue weighted by Crippen LogP contribution is 2.36. The maximum Gasteiger partial charge on any atom is 0.410 e. The second-order valence-corrected chi connectivity index (χ2v) is 9.93. The van der Waals surface area contributed by atoms with E-state index in [0.717, 1.165) is 22.6 Å². The number of aryl methyl sites for hydroxylation is 1. The molecule has 0 radical (unpaired) electrons. The highest BCUT2D eigenvalue weighted by molar-refractivity contribution is 6.05. The normalized spacial score (nSPS) is 16.3. The molecule has 3 aromatic heterocycles. The van der Waals surface area contributed by atoms with Gasteiger partial charge in [0.25, 0.3) is 0 Å². The Kier molecular flexibility index (Phi) is 6.23. The summed E-state index contributed by atoms with van der Waals surface area (Å²) >= 11 is 0. The van der Waals surface area contributed by atoms with Crippen LogP contribution in [0, 0.1) is 11.3 Å². The molecule has 1 atom stereocenters. The first kappa shape index (κ1) is 24.2. The van der Waals surface area contributed by atoms with Crippen molar-refractivity contribution >= 4 is 28.6 Å². The van der Waals surface area contributed by atoms with Crippen molar-refractivity contribution < 1.29 is 9.53 Å². The van der Waals surface area contributed by atoms with Crippen molar-refractivity contribution in [1.29, 1.82) is 5.26 Å². The number of carbonyl (C=O) groups is 1. The smallest absolute Gasteiger partial charge is 0.410 e. The molecule has 0 aromatic carbocycles. The number of ether oxygens (including phenoxy) is 1. The van der Waals surface area contributed by atoms with Crippen molar-refractivity contribution in [3.8, 4) is 17.3 Å². The minimum atomic E-state index is -0.545. The number of hydrogen-bond donors (Lipinski definition) is 0. The third kappa shape index (κ3) is 4.69. The third-order valence-electron chi connectivity index (χ3n) is 5.87. The summed E-state index contributed by atoms with van der Waals surface area (Å²) in [7, 11) is 5.59. The number of piperazine rings is 1. The average Bonchev–Trinajstić information content (AvgIpc) is 3.16. The van der Waals surface area contributed by atoms with Crippen molar-refractivity contribution in [2.45, 2.75) is 39.3 Å². The molecule has 1 unspecified atom stereocenters. The third-order valence-corrected chi connectivity index (χ3v) is 5.87. The molecule has 3 aromatic rings. The summed E-state index contributed by atoms with van der Waals surface area (Å²) in [5.74, 6) is 1.48. The maximum absolute atomic E-state index is 12.7. The molecule has 1 amide bonds. The molecule has 0 saturated carbocycles. The predicted molar refractivity (Wildman–Crippen MR) is 133 cm³/mol. The Hall–Kier alpha value is -3.94. The van der Waals surface area contributed by atoms with Gasteiger partial charge in [0.15, 0.2) is 0 Å². The number of pyridine rings is 1. The lowest BCUT2D eigenvalue weighted by molar-refractivity contribution is 0.0159. The van der Waals surface area contributed by atoms with Crippen molar-refractivity contribution in [2.24, 2.45) is 7.05 Å². The number of hydrogen-bond acceptors (Lipinski definition) is 9. The van der Waals surface area contributed by atoms with Crippen LogP contribution in [0.3, 0.4) is 0 Å². The number of fused-ring (bicyclic) bond motifs is 1. The molecule has 0 aliphatic carbocycles. The summed E-state index contributed by atoms with van der Waals surface area (Å²) in [4.78, 5) is 32.5. The fraction of sp³-hybridized carbons (Fsp3) is 0.500. The molecule has 11 nitrogen and oxygen atoms in total. The van der Waals surface area contributed by atoms with Crippen LogP contribution < -0.4 is 9.80 Å². The second-order valence-electron chi connectivity index (χ2n) is 9.93. The van der Waals surface area contributed by atoms with E-state index in [-0.39, 0.29) is 12.1 Å². The van der Waals surface area contributed by atoms with Gasteiger partial charge in [0.2, 0.25) is 0 Å². The number of carbonyl (C=O) groups excluding carboxylic acids is 1. The number of rotatable bonds is 3. The van der Waals surface area contributed by atoms with E-state index in [9.17, 15) is 10.1 Å². The largest absolute Gasteiger partial charge is 0.444 e. The first-order valence-corrected chi connectivity index (χ1v) is 11.5. The molecular formula is C24H31N9O2. The van der Waals surface area contributed by atoms with Crippen LogP contribution in [0.4, 0.5) is 16.4 Å². The molecule has 0 spiro atoms. The summed E-state index contributed by atoms with van der Waals surface area (Å²) in [6, 6.07) is 3.81. The number of amides is 1. The van der Waals surface area contributed by atoms with Crippen LogP contribution in [0.25, 0.3) is 22.2 Å². The highest BCUT2D eigenvalue weighted by Gasteiger charge is 2.32. The molecule has 11 heteroatoms. The molecule has 0 N–H and O–H groups in total. The number of anilines is 2. The van der Waals surface area contributed by atoms with Gasteiger partial charge in [-0.3, -0.25) is 4.68 Å². The van der Waals surface area contributed by atoms with E-state index in [1.54, 1.807) is 35.2 Å². The van der Waals surface area contributed by atoms with Crippen LogP contribution in [0.2, 0.25) is 0 Å². The Balaban J connectivity index is 1.75. The molecule has 35 heavy (non-hydrogen) atoms. The summed E-state index contributed by atoms with van der Waals surface area (Å²) in [6.45, 7) is 9.30. The standard InChI is InChI=1S/C24H31N9O2/c1-15-13-32(8-9-33(15)23(34)35-24(2,3)4)22-19-20(27-14-28-22)17(12-26-21(19)30(5)6)18-10-16(11-25)31(7)29-18/h10,12,14-15H,8-9,13H2,1-7H3. The van der Waals surface area contributed by atoms with E-state index >= 15 is 0 Å². The van der Waals surface area contributed by atoms with E-state index in [1.807, 2.05) is 46.7 Å². The van der Waals surface area contributed by atoms with E-state index in [4.69, 9.17) is 9.72 Å². The van der Waals surface area contributed by atoms with Gasteiger partial charge < -0.3 is 19.4 Å². The zero-order chi connectivity index (χ0) is 25.5. The topological polar surface area (TPSA) is 116 Å². The molecular weight excluding hydrogens is 446 g/mol. The Morgan fingerprint density at radius 3 is 2.57 bits per heavy atom. The fourth-order valence-electron chi connectivity index (χ4n) is 4.25. The van der Waals surface area contributed by atoms with Gasteiger partial charge in [-0.2, -0.15) is 10.4 Å². The summed E-state index contributed by atoms with van der Waals surface area (Å²) in [6.07, 6.45) is 2.97. The van der Waals surface area contributed by atoms with Crippen LogP contribution in [-0.2, 0) is 11.8 Å². The first-order valence-electron chi connectivity index (χ1n) is 11.5. The minimum absolute atomic E-state index is 0.0726. The van der Waals surface area contributed by atoms with Gasteiger partial charge in [-0.05, 0) is 27.7 Å². The van der Waals surface area contributed by atoms with Crippen LogP contribution in [0.15, 0.2) is 18.6 Å². The molecule has 1 aliphatic rings. The van der Waals surface area contributed by atoms with Gasteiger partial charge in [0.05, 0.1) is 16.6 Å². The quantitative estimate of drug-likeness (QED) is 0.561. The minimum Gasteiger partial charge on any atom is -0.444 e. The van der Waals surface area contributed by atoms with Crippen LogP contribution in [0.1, 0.15) is 33.4 Å². The Morgan fingerprint density at radius 2 is 1.97 bits per heavy atom. The molecule has 0 bridgehead atoms. The Bertz CT molecular complexity index is 1300. The lowest BCUT2D eigenvalue weighted by atomic mass is 10.1. The number of aromatic nitrogens is 5. The van der Waals surface area contributed by atoms with Crippen molar-refractivity contribution in [3.05, 3.63) is 24.3 Å². The van der Waals surface area contributed by atoms with E-state index in [2.05, 4.69) is 26.0 Å². The maximum atomic E-state index is 12.7. The molecule has 4 rings (SSSR count). The summed E-state index contributed by atoms with van der Waals surface area (Å²) in [5, 5.41) is 14.7. The van der Waals surface area contributed by atoms with Crippen LogP contribution in [-0.4, -0.2) is 81.1 Å². The SMILES string of the molecule is CC1CN(c2ncnc3c(-c4cc(C#N)n(C)n4)cnc(N(C)C)c23)CCN1C(=O)OC(C)(C)C. The van der Waals surface area contributed by atoms with Gasteiger partial charge in [-0.1, -0.05) is 0 Å². The average molecular weight is 478 g/mol. The predicted octanol–water partition coefficient (Wildman–Crippen LogP) is 2.81. The second kappa shape index (κ2) is 9.02.